The molecule has 1 aliphatic heterocycles. The highest BCUT2D eigenvalue weighted by Crippen LogP contribution is 2.38. The summed E-state index contributed by atoms with van der Waals surface area (Å²) in [6, 6.07) is 3.22. The first-order valence-corrected chi connectivity index (χ1v) is 8.82. The molecule has 5 nitrogen and oxygen atoms in total. The minimum absolute atomic E-state index is 0.281. The molecule has 0 aliphatic carbocycles. The maximum absolute atomic E-state index is 12.2. The lowest BCUT2D eigenvalue weighted by molar-refractivity contribution is 0.00578. The van der Waals surface area contributed by atoms with Crippen LogP contribution in [0.2, 0.25) is 10.0 Å². The zero-order valence-corrected chi connectivity index (χ0v) is 17.1. The summed E-state index contributed by atoms with van der Waals surface area (Å²) in [6.07, 6.45) is -0.616. The van der Waals surface area contributed by atoms with Crippen LogP contribution in [0, 0.1) is 0 Å². The van der Waals surface area contributed by atoms with E-state index in [0.717, 1.165) is 0 Å². The lowest BCUT2D eigenvalue weighted by Crippen LogP contribution is -2.41. The summed E-state index contributed by atoms with van der Waals surface area (Å²) in [7, 11) is -0.717. The van der Waals surface area contributed by atoms with Crippen LogP contribution in [-0.2, 0) is 14.0 Å². The number of carbonyl (C=O) groups is 1. The molecule has 0 unspecified atom stereocenters. The number of amides is 1. The number of hydrogen-bond donors (Lipinski definition) is 1. The Kier molecular flexibility index (Phi) is 5.42. The van der Waals surface area contributed by atoms with E-state index in [1.54, 1.807) is 32.9 Å². The van der Waals surface area contributed by atoms with Gasteiger partial charge in [0.05, 0.1) is 21.9 Å². The zero-order valence-electron chi connectivity index (χ0n) is 15.6. The standard InChI is InChI=1S/C17H24BCl2NO4/c1-15(2,3)23-14(22)21-13-11(8-10(19)9-12(13)20)18-24-16(4,5)17(6,7)25-18/h8-9H,1-7H3,(H,21,22). The van der Waals surface area contributed by atoms with Crippen molar-refractivity contribution >= 4 is 47.6 Å². The van der Waals surface area contributed by atoms with Crippen LogP contribution in [0.25, 0.3) is 0 Å². The quantitative estimate of drug-likeness (QED) is 0.751. The molecule has 138 valence electrons. The normalized spacial score (nSPS) is 19.0. The summed E-state index contributed by atoms with van der Waals surface area (Å²) >= 11 is 12.5. The van der Waals surface area contributed by atoms with E-state index in [1.807, 2.05) is 27.7 Å². The molecule has 1 amide bonds. The maximum atomic E-state index is 12.2. The van der Waals surface area contributed by atoms with Gasteiger partial charge in [0.2, 0.25) is 0 Å². The van der Waals surface area contributed by atoms with Crippen molar-refractivity contribution in [1.29, 1.82) is 0 Å². The van der Waals surface area contributed by atoms with E-state index in [4.69, 9.17) is 37.2 Å². The number of benzene rings is 1. The van der Waals surface area contributed by atoms with Crippen molar-refractivity contribution in [2.45, 2.75) is 65.3 Å². The first-order valence-electron chi connectivity index (χ1n) is 8.06. The molecule has 0 atom stereocenters. The fourth-order valence-corrected chi connectivity index (χ4v) is 2.84. The molecule has 1 saturated heterocycles. The van der Waals surface area contributed by atoms with Gasteiger partial charge in [-0.3, -0.25) is 5.32 Å². The summed E-state index contributed by atoms with van der Waals surface area (Å²) < 4.78 is 17.4. The monoisotopic (exact) mass is 387 g/mol. The van der Waals surface area contributed by atoms with Crippen molar-refractivity contribution in [2.24, 2.45) is 0 Å². The predicted molar refractivity (Wildman–Crippen MR) is 102 cm³/mol. The predicted octanol–water partition coefficient (Wildman–Crippen LogP) is 4.64. The smallest absolute Gasteiger partial charge is 0.444 e. The zero-order chi connectivity index (χ0) is 19.2. The van der Waals surface area contributed by atoms with Crippen LogP contribution < -0.4 is 10.8 Å². The van der Waals surface area contributed by atoms with E-state index in [1.165, 1.54) is 0 Å². The molecule has 0 saturated carbocycles. The van der Waals surface area contributed by atoms with Crippen LogP contribution in [0.5, 0.6) is 0 Å². The van der Waals surface area contributed by atoms with Gasteiger partial charge in [-0.2, -0.15) is 0 Å². The second-order valence-corrected chi connectivity index (χ2v) is 8.91. The summed E-state index contributed by atoms with van der Waals surface area (Å²) in [5.41, 5.74) is -0.792. The summed E-state index contributed by atoms with van der Waals surface area (Å²) in [6.45, 7) is 13.1. The molecule has 0 aromatic heterocycles. The minimum Gasteiger partial charge on any atom is -0.444 e. The van der Waals surface area contributed by atoms with Gasteiger partial charge in [-0.1, -0.05) is 23.2 Å². The molecule has 0 radical (unpaired) electrons. The molecule has 1 aliphatic rings. The highest BCUT2D eigenvalue weighted by atomic mass is 35.5. The number of carbonyl (C=O) groups excluding carboxylic acids is 1. The van der Waals surface area contributed by atoms with Crippen LogP contribution in [0.15, 0.2) is 12.1 Å². The Balaban J connectivity index is 2.37. The minimum atomic E-state index is -0.717. The Morgan fingerprint density at radius 2 is 1.64 bits per heavy atom. The number of rotatable bonds is 2. The largest absolute Gasteiger partial charge is 0.497 e. The third kappa shape index (κ3) is 4.62. The lowest BCUT2D eigenvalue weighted by Gasteiger charge is -2.32. The van der Waals surface area contributed by atoms with Crippen molar-refractivity contribution in [2.75, 3.05) is 5.32 Å². The van der Waals surface area contributed by atoms with E-state index in [0.29, 0.717) is 16.2 Å². The first-order chi connectivity index (χ1) is 11.2. The Bertz CT molecular complexity index is 670. The average Bonchev–Trinajstić information content (AvgIpc) is 2.59. The van der Waals surface area contributed by atoms with Gasteiger partial charge >= 0.3 is 13.2 Å². The molecule has 2 rings (SSSR count). The topological polar surface area (TPSA) is 56.8 Å². The van der Waals surface area contributed by atoms with Gasteiger partial charge in [0.25, 0.3) is 0 Å². The molecule has 1 heterocycles. The van der Waals surface area contributed by atoms with Crippen molar-refractivity contribution in [3.63, 3.8) is 0 Å². The van der Waals surface area contributed by atoms with Gasteiger partial charge in [0.1, 0.15) is 5.60 Å². The third-order valence-electron chi connectivity index (χ3n) is 4.22. The molecular formula is C17H24BCl2NO4. The number of nitrogens with one attached hydrogen (secondary N) is 1. The van der Waals surface area contributed by atoms with Crippen LogP contribution >= 0.6 is 23.2 Å². The van der Waals surface area contributed by atoms with E-state index >= 15 is 0 Å². The van der Waals surface area contributed by atoms with Crippen LogP contribution in [0.4, 0.5) is 10.5 Å². The van der Waals surface area contributed by atoms with Crippen molar-refractivity contribution in [3.05, 3.63) is 22.2 Å². The Labute approximate surface area is 159 Å². The summed E-state index contributed by atoms with van der Waals surface area (Å²) in [5, 5.41) is 3.38. The van der Waals surface area contributed by atoms with Crippen molar-refractivity contribution in [3.8, 4) is 0 Å². The van der Waals surface area contributed by atoms with E-state index in [9.17, 15) is 4.79 Å². The highest BCUT2D eigenvalue weighted by Gasteiger charge is 2.52. The van der Waals surface area contributed by atoms with Crippen molar-refractivity contribution < 1.29 is 18.8 Å². The van der Waals surface area contributed by atoms with Gasteiger partial charge in [0, 0.05) is 10.5 Å². The van der Waals surface area contributed by atoms with Gasteiger partial charge in [-0.05, 0) is 60.6 Å². The van der Waals surface area contributed by atoms with Gasteiger partial charge < -0.3 is 14.0 Å². The fraction of sp³-hybridized carbons (Fsp3) is 0.588. The van der Waals surface area contributed by atoms with E-state index in [2.05, 4.69) is 5.32 Å². The van der Waals surface area contributed by atoms with Gasteiger partial charge in [0.15, 0.2) is 0 Å². The van der Waals surface area contributed by atoms with E-state index in [-0.39, 0.29) is 5.02 Å². The second-order valence-electron chi connectivity index (χ2n) is 8.07. The van der Waals surface area contributed by atoms with Crippen LogP contribution in [-0.4, -0.2) is 30.0 Å². The third-order valence-corrected chi connectivity index (χ3v) is 4.73. The summed E-state index contributed by atoms with van der Waals surface area (Å²) in [5.74, 6) is 0. The fourth-order valence-electron chi connectivity index (χ4n) is 2.29. The Hall–Kier alpha value is -0.945. The number of hydrogen-bond acceptors (Lipinski definition) is 4. The molecule has 0 spiro atoms. The molecule has 1 N–H and O–H groups in total. The highest BCUT2D eigenvalue weighted by molar-refractivity contribution is 6.65. The second kappa shape index (κ2) is 6.65. The van der Waals surface area contributed by atoms with Crippen LogP contribution in [0.1, 0.15) is 48.5 Å². The molecule has 1 fully saturated rings. The SMILES string of the molecule is CC(C)(C)OC(=O)Nc1c(Cl)cc(Cl)cc1B1OC(C)(C)C(C)(C)O1. The molecule has 0 bridgehead atoms. The number of halogens is 2. The van der Waals surface area contributed by atoms with Gasteiger partial charge in [-0.15, -0.1) is 0 Å². The molecule has 1 aromatic rings. The molecule has 25 heavy (non-hydrogen) atoms. The Morgan fingerprint density at radius 3 is 2.12 bits per heavy atom. The molecule has 1 aromatic carbocycles. The first kappa shape index (κ1) is 20.4. The van der Waals surface area contributed by atoms with E-state index < -0.39 is 30.0 Å². The molecular weight excluding hydrogens is 364 g/mol. The molecule has 8 heteroatoms. The maximum Gasteiger partial charge on any atom is 0.497 e. The number of anilines is 1. The summed E-state index contributed by atoms with van der Waals surface area (Å²) in [4.78, 5) is 12.2. The lowest BCUT2D eigenvalue weighted by atomic mass is 9.77. The number of ether oxygens (including phenoxy) is 1. The van der Waals surface area contributed by atoms with Crippen molar-refractivity contribution in [1.82, 2.24) is 0 Å². The average molecular weight is 388 g/mol. The van der Waals surface area contributed by atoms with Gasteiger partial charge in [-0.25, -0.2) is 4.79 Å². The Morgan fingerprint density at radius 1 is 1.12 bits per heavy atom. The van der Waals surface area contributed by atoms with Crippen LogP contribution in [0.3, 0.4) is 0 Å².